The SMILES string of the molecule is CCN(CC)C(=O)N1CCC(N2CC(C(=O)O)CC2=O)C1. The zero-order chi connectivity index (χ0) is 15.6. The predicted molar refractivity (Wildman–Crippen MR) is 75.8 cm³/mol. The summed E-state index contributed by atoms with van der Waals surface area (Å²) in [7, 11) is 0. The highest BCUT2D eigenvalue weighted by molar-refractivity contribution is 5.86. The summed E-state index contributed by atoms with van der Waals surface area (Å²) in [6.07, 6.45) is 0.806. The molecule has 2 unspecified atom stereocenters. The van der Waals surface area contributed by atoms with Crippen molar-refractivity contribution in [3.05, 3.63) is 0 Å². The second kappa shape index (κ2) is 6.32. The number of urea groups is 1. The van der Waals surface area contributed by atoms with Gasteiger partial charge >= 0.3 is 12.0 Å². The lowest BCUT2D eigenvalue weighted by Crippen LogP contribution is -2.44. The van der Waals surface area contributed by atoms with Crippen molar-refractivity contribution in [2.75, 3.05) is 32.7 Å². The van der Waals surface area contributed by atoms with Gasteiger partial charge in [-0.25, -0.2) is 4.79 Å². The van der Waals surface area contributed by atoms with E-state index in [9.17, 15) is 14.4 Å². The molecule has 0 aliphatic carbocycles. The van der Waals surface area contributed by atoms with Gasteiger partial charge in [0.25, 0.3) is 0 Å². The monoisotopic (exact) mass is 297 g/mol. The Balaban J connectivity index is 1.95. The minimum Gasteiger partial charge on any atom is -0.481 e. The maximum absolute atomic E-state index is 12.3. The molecule has 0 spiro atoms. The lowest BCUT2D eigenvalue weighted by molar-refractivity contribution is -0.141. The van der Waals surface area contributed by atoms with Crippen molar-refractivity contribution in [3.63, 3.8) is 0 Å². The van der Waals surface area contributed by atoms with Gasteiger partial charge in [0.05, 0.1) is 12.0 Å². The zero-order valence-electron chi connectivity index (χ0n) is 12.6. The van der Waals surface area contributed by atoms with Crippen LogP contribution in [0.3, 0.4) is 0 Å². The number of nitrogens with zero attached hydrogens (tertiary/aromatic N) is 3. The summed E-state index contributed by atoms with van der Waals surface area (Å²) < 4.78 is 0. The van der Waals surface area contributed by atoms with Crippen molar-refractivity contribution in [1.29, 1.82) is 0 Å². The number of likely N-dealkylation sites (tertiary alicyclic amines) is 2. The first-order chi connectivity index (χ1) is 9.97. The number of hydrogen-bond donors (Lipinski definition) is 1. The maximum Gasteiger partial charge on any atom is 0.320 e. The van der Waals surface area contributed by atoms with Gasteiger partial charge in [-0.05, 0) is 20.3 Å². The van der Waals surface area contributed by atoms with Crippen LogP contribution in [0.5, 0.6) is 0 Å². The molecule has 0 saturated carbocycles. The van der Waals surface area contributed by atoms with Gasteiger partial charge in [0.1, 0.15) is 0 Å². The molecule has 0 bridgehead atoms. The van der Waals surface area contributed by atoms with Crippen molar-refractivity contribution in [1.82, 2.24) is 14.7 Å². The highest BCUT2D eigenvalue weighted by atomic mass is 16.4. The van der Waals surface area contributed by atoms with Gasteiger partial charge in [-0.1, -0.05) is 0 Å². The molecule has 3 amide bonds. The third kappa shape index (κ3) is 3.11. The fraction of sp³-hybridized carbons (Fsp3) is 0.786. The standard InChI is InChI=1S/C14H23N3O4/c1-3-15(4-2)14(21)16-6-5-11(9-16)17-8-10(13(19)20)7-12(17)18/h10-11H,3-9H2,1-2H3,(H,19,20). The summed E-state index contributed by atoms with van der Waals surface area (Å²) in [6.45, 7) is 6.62. The summed E-state index contributed by atoms with van der Waals surface area (Å²) in [4.78, 5) is 40.4. The second-order valence-electron chi connectivity index (χ2n) is 5.63. The summed E-state index contributed by atoms with van der Waals surface area (Å²) in [5.74, 6) is -1.63. The molecule has 2 rings (SSSR count). The van der Waals surface area contributed by atoms with E-state index in [0.29, 0.717) is 26.2 Å². The Morgan fingerprint density at radius 3 is 2.48 bits per heavy atom. The van der Waals surface area contributed by atoms with Crippen LogP contribution in [0.2, 0.25) is 0 Å². The van der Waals surface area contributed by atoms with Crippen LogP contribution in [0, 0.1) is 5.92 Å². The number of carbonyl (C=O) groups excluding carboxylic acids is 2. The molecule has 2 atom stereocenters. The third-order valence-corrected chi connectivity index (χ3v) is 4.42. The average molecular weight is 297 g/mol. The Labute approximate surface area is 124 Å². The van der Waals surface area contributed by atoms with Crippen LogP contribution < -0.4 is 0 Å². The van der Waals surface area contributed by atoms with Crippen molar-refractivity contribution in [2.24, 2.45) is 5.92 Å². The van der Waals surface area contributed by atoms with Gasteiger partial charge in [-0.2, -0.15) is 0 Å². The molecule has 0 aromatic rings. The Bertz CT molecular complexity index is 436. The quantitative estimate of drug-likeness (QED) is 0.817. The number of amides is 3. The number of carboxylic acid groups (broad SMARTS) is 1. The van der Waals surface area contributed by atoms with Crippen molar-refractivity contribution < 1.29 is 19.5 Å². The minimum atomic E-state index is -0.917. The molecule has 7 nitrogen and oxygen atoms in total. The molecular weight excluding hydrogens is 274 g/mol. The number of carbonyl (C=O) groups is 3. The molecule has 0 aromatic carbocycles. The van der Waals surface area contributed by atoms with Crippen LogP contribution in [0.1, 0.15) is 26.7 Å². The van der Waals surface area contributed by atoms with Crippen molar-refractivity contribution >= 4 is 17.9 Å². The lowest BCUT2D eigenvalue weighted by atomic mass is 10.1. The van der Waals surface area contributed by atoms with E-state index in [2.05, 4.69) is 0 Å². The Morgan fingerprint density at radius 2 is 1.95 bits per heavy atom. The van der Waals surface area contributed by atoms with E-state index < -0.39 is 11.9 Å². The molecule has 0 aromatic heterocycles. The van der Waals surface area contributed by atoms with Crippen LogP contribution in [0.25, 0.3) is 0 Å². The summed E-state index contributed by atoms with van der Waals surface area (Å²) in [5, 5.41) is 9.02. The summed E-state index contributed by atoms with van der Waals surface area (Å²) in [6, 6.07) is -0.0368. The van der Waals surface area contributed by atoms with Gasteiger partial charge in [-0.15, -0.1) is 0 Å². The largest absolute Gasteiger partial charge is 0.481 e. The Kier molecular flexibility index (Phi) is 4.69. The van der Waals surface area contributed by atoms with E-state index in [0.717, 1.165) is 6.42 Å². The fourth-order valence-corrected chi connectivity index (χ4v) is 3.11. The molecule has 2 aliphatic rings. The highest BCUT2D eigenvalue weighted by Gasteiger charge is 2.41. The van der Waals surface area contributed by atoms with Crippen molar-refractivity contribution in [2.45, 2.75) is 32.7 Å². The topological polar surface area (TPSA) is 81.2 Å². The van der Waals surface area contributed by atoms with Gasteiger partial charge in [0.15, 0.2) is 0 Å². The van der Waals surface area contributed by atoms with Crippen LogP contribution >= 0.6 is 0 Å². The van der Waals surface area contributed by atoms with E-state index in [-0.39, 0.29) is 30.9 Å². The first kappa shape index (κ1) is 15.6. The van der Waals surface area contributed by atoms with Crippen LogP contribution in [0.15, 0.2) is 0 Å². The average Bonchev–Trinajstić information content (AvgIpc) is 3.06. The molecule has 118 valence electrons. The van der Waals surface area contributed by atoms with E-state index in [1.54, 1.807) is 14.7 Å². The molecule has 2 fully saturated rings. The zero-order valence-corrected chi connectivity index (χ0v) is 12.6. The number of hydrogen-bond acceptors (Lipinski definition) is 3. The maximum atomic E-state index is 12.3. The van der Waals surface area contributed by atoms with Gasteiger partial charge in [0.2, 0.25) is 5.91 Å². The van der Waals surface area contributed by atoms with E-state index in [1.165, 1.54) is 0 Å². The van der Waals surface area contributed by atoms with E-state index >= 15 is 0 Å². The first-order valence-electron chi connectivity index (χ1n) is 7.54. The van der Waals surface area contributed by atoms with Gasteiger partial charge in [0, 0.05) is 39.1 Å². The van der Waals surface area contributed by atoms with Crippen molar-refractivity contribution in [3.8, 4) is 0 Å². The Hall–Kier alpha value is -1.79. The molecular formula is C14H23N3O4. The fourth-order valence-electron chi connectivity index (χ4n) is 3.11. The van der Waals surface area contributed by atoms with Gasteiger partial charge < -0.3 is 19.8 Å². The van der Waals surface area contributed by atoms with E-state index in [4.69, 9.17) is 5.11 Å². The minimum absolute atomic E-state index is 0.00364. The molecule has 1 N–H and O–H groups in total. The molecule has 7 heteroatoms. The number of rotatable bonds is 4. The molecule has 2 aliphatic heterocycles. The molecule has 2 saturated heterocycles. The van der Waals surface area contributed by atoms with Crippen LogP contribution in [-0.4, -0.2) is 76.5 Å². The Morgan fingerprint density at radius 1 is 1.29 bits per heavy atom. The highest BCUT2D eigenvalue weighted by Crippen LogP contribution is 2.25. The molecule has 2 heterocycles. The first-order valence-corrected chi connectivity index (χ1v) is 7.54. The number of aliphatic carboxylic acids is 1. The summed E-state index contributed by atoms with van der Waals surface area (Å²) >= 11 is 0. The number of carboxylic acids is 1. The smallest absolute Gasteiger partial charge is 0.320 e. The molecule has 0 radical (unpaired) electrons. The normalized spacial score (nSPS) is 25.5. The predicted octanol–water partition coefficient (Wildman–Crippen LogP) is 0.456. The van der Waals surface area contributed by atoms with Crippen LogP contribution in [0.4, 0.5) is 4.79 Å². The van der Waals surface area contributed by atoms with Crippen LogP contribution in [-0.2, 0) is 9.59 Å². The second-order valence-corrected chi connectivity index (χ2v) is 5.63. The summed E-state index contributed by atoms with van der Waals surface area (Å²) in [5.41, 5.74) is 0. The lowest BCUT2D eigenvalue weighted by Gasteiger charge is -2.27. The molecule has 21 heavy (non-hydrogen) atoms. The van der Waals surface area contributed by atoms with E-state index in [1.807, 2.05) is 13.8 Å². The van der Waals surface area contributed by atoms with Gasteiger partial charge in [-0.3, -0.25) is 9.59 Å². The third-order valence-electron chi connectivity index (χ3n) is 4.42.